The summed E-state index contributed by atoms with van der Waals surface area (Å²) in [6, 6.07) is 24.8. The summed E-state index contributed by atoms with van der Waals surface area (Å²) >= 11 is 10.2. The maximum Gasteiger partial charge on any atom is 0.270 e. The van der Waals surface area contributed by atoms with Crippen molar-refractivity contribution >= 4 is 73.5 Å². The highest BCUT2D eigenvalue weighted by Gasteiger charge is 2.33. The first-order valence-electron chi connectivity index (χ1n) is 12.7. The van der Waals surface area contributed by atoms with Crippen LogP contribution in [-0.4, -0.2) is 23.2 Å². The summed E-state index contributed by atoms with van der Waals surface area (Å²) in [6.45, 7) is 0.164. The Hall–Kier alpha value is -4.50. The first kappa shape index (κ1) is 30.0. The molecule has 5 rings (SSSR count). The fourth-order valence-corrected chi connectivity index (χ4v) is 6.11. The number of carbonyl (C=O) groups excluding carboxylic acids is 2. The molecule has 1 saturated heterocycles. The van der Waals surface area contributed by atoms with Crippen LogP contribution in [0.5, 0.6) is 11.5 Å². The number of methoxy groups -OCH3 is 1. The number of halogens is 2. The number of hydrogen-bond donors (Lipinski definition) is 1. The summed E-state index contributed by atoms with van der Waals surface area (Å²) < 4.78 is 25.7. The Morgan fingerprint density at radius 2 is 1.88 bits per heavy atom. The lowest BCUT2D eigenvalue weighted by Crippen LogP contribution is -2.27. The summed E-state index contributed by atoms with van der Waals surface area (Å²) in [5, 5.41) is 12.1. The largest absolute Gasteiger partial charge is 0.493 e. The molecule has 0 aliphatic carbocycles. The monoisotopic (exact) mass is 673 g/mol. The smallest absolute Gasteiger partial charge is 0.270 e. The molecule has 1 N–H and O–H groups in total. The van der Waals surface area contributed by atoms with E-state index in [2.05, 4.69) is 27.3 Å². The molecule has 7 nitrogen and oxygen atoms in total. The number of thiocarbonyl (C=S) groups is 1. The van der Waals surface area contributed by atoms with Gasteiger partial charge in [-0.3, -0.25) is 14.5 Å². The van der Waals surface area contributed by atoms with E-state index >= 15 is 0 Å². The molecule has 0 unspecified atom stereocenters. The second-order valence-corrected chi connectivity index (χ2v) is 11.7. The van der Waals surface area contributed by atoms with Crippen LogP contribution in [0.25, 0.3) is 6.08 Å². The molecule has 1 fully saturated rings. The Kier molecular flexibility index (Phi) is 9.21. The van der Waals surface area contributed by atoms with Crippen LogP contribution in [0.4, 0.5) is 15.8 Å². The van der Waals surface area contributed by atoms with Crippen LogP contribution >= 0.6 is 39.9 Å². The predicted molar refractivity (Wildman–Crippen MR) is 173 cm³/mol. The van der Waals surface area contributed by atoms with E-state index in [1.807, 2.05) is 12.1 Å². The number of carbonyl (C=O) groups is 2. The topological polar surface area (TPSA) is 91.7 Å². The van der Waals surface area contributed by atoms with Crippen LogP contribution in [0.2, 0.25) is 0 Å². The number of benzene rings is 4. The maximum atomic E-state index is 13.5. The van der Waals surface area contributed by atoms with E-state index in [0.717, 1.165) is 17.3 Å². The fourth-order valence-electron chi connectivity index (χ4n) is 4.23. The molecule has 0 atom stereocenters. The summed E-state index contributed by atoms with van der Waals surface area (Å²) in [7, 11) is 1.51. The van der Waals surface area contributed by atoms with Crippen molar-refractivity contribution in [1.82, 2.24) is 0 Å². The van der Waals surface area contributed by atoms with Gasteiger partial charge in [-0.15, -0.1) is 0 Å². The van der Waals surface area contributed by atoms with E-state index in [9.17, 15) is 19.2 Å². The van der Waals surface area contributed by atoms with Crippen LogP contribution in [0.3, 0.4) is 0 Å². The molecule has 1 aliphatic rings. The zero-order valence-electron chi connectivity index (χ0n) is 22.5. The van der Waals surface area contributed by atoms with Crippen LogP contribution < -0.4 is 19.7 Å². The van der Waals surface area contributed by atoms with Crippen LogP contribution in [0, 0.1) is 17.1 Å². The van der Waals surface area contributed by atoms with E-state index in [1.165, 1.54) is 36.3 Å². The van der Waals surface area contributed by atoms with E-state index in [1.54, 1.807) is 54.6 Å². The van der Waals surface area contributed by atoms with E-state index in [-0.39, 0.29) is 12.5 Å². The highest BCUT2D eigenvalue weighted by molar-refractivity contribution is 9.10. The zero-order chi connectivity index (χ0) is 30.5. The van der Waals surface area contributed by atoms with Gasteiger partial charge in [-0.05, 0) is 88.2 Å². The van der Waals surface area contributed by atoms with Gasteiger partial charge in [0.2, 0.25) is 0 Å². The van der Waals surface area contributed by atoms with Gasteiger partial charge in [0.15, 0.2) is 15.8 Å². The second kappa shape index (κ2) is 13.2. The third-order valence-electron chi connectivity index (χ3n) is 6.32. The van der Waals surface area contributed by atoms with Crippen LogP contribution in [0.1, 0.15) is 27.0 Å². The molecular weight excluding hydrogens is 653 g/mol. The van der Waals surface area contributed by atoms with Gasteiger partial charge in [0.05, 0.1) is 33.8 Å². The Bertz CT molecular complexity index is 1820. The number of nitrogens with one attached hydrogen (secondary N) is 1. The van der Waals surface area contributed by atoms with Gasteiger partial charge in [0.25, 0.3) is 11.8 Å². The normalized spacial score (nSPS) is 13.6. The van der Waals surface area contributed by atoms with Gasteiger partial charge in [-0.25, -0.2) is 4.39 Å². The van der Waals surface area contributed by atoms with E-state index in [4.69, 9.17) is 21.7 Å². The summed E-state index contributed by atoms with van der Waals surface area (Å²) in [5.41, 5.74) is 3.12. The molecule has 0 aromatic heterocycles. The Balaban J connectivity index is 1.35. The van der Waals surface area contributed by atoms with Gasteiger partial charge < -0.3 is 14.8 Å². The third kappa shape index (κ3) is 6.78. The predicted octanol–water partition coefficient (Wildman–Crippen LogP) is 7.71. The van der Waals surface area contributed by atoms with Crippen molar-refractivity contribution in [2.75, 3.05) is 17.3 Å². The third-order valence-corrected chi connectivity index (χ3v) is 8.21. The number of thioether (sulfide) groups is 1. The average molecular weight is 675 g/mol. The Labute approximate surface area is 265 Å². The highest BCUT2D eigenvalue weighted by atomic mass is 79.9. The van der Waals surface area contributed by atoms with Crippen LogP contribution in [-0.2, 0) is 11.4 Å². The molecule has 43 heavy (non-hydrogen) atoms. The number of anilines is 2. The highest BCUT2D eigenvalue weighted by Crippen LogP contribution is 2.40. The van der Waals surface area contributed by atoms with Crippen molar-refractivity contribution in [2.24, 2.45) is 0 Å². The molecule has 214 valence electrons. The molecule has 4 aromatic rings. The van der Waals surface area contributed by atoms with Gasteiger partial charge in [0, 0.05) is 16.8 Å². The fraction of sp³-hybridized carbons (Fsp3) is 0.0625. The first-order valence-corrected chi connectivity index (χ1v) is 14.7. The quantitative estimate of drug-likeness (QED) is 0.151. The summed E-state index contributed by atoms with van der Waals surface area (Å²) in [5.74, 6) is -0.267. The number of nitrogens with zero attached hydrogens (tertiary/aromatic N) is 2. The lowest BCUT2D eigenvalue weighted by molar-refractivity contribution is -0.113. The van der Waals surface area contributed by atoms with Gasteiger partial charge in [-0.1, -0.05) is 48.2 Å². The van der Waals surface area contributed by atoms with Crippen molar-refractivity contribution in [2.45, 2.75) is 6.61 Å². The number of hydrogen-bond acceptors (Lipinski definition) is 7. The molecule has 11 heteroatoms. The van der Waals surface area contributed by atoms with E-state index < -0.39 is 11.7 Å². The van der Waals surface area contributed by atoms with Crippen molar-refractivity contribution in [3.63, 3.8) is 0 Å². The average Bonchev–Trinajstić information content (AvgIpc) is 3.29. The zero-order valence-corrected chi connectivity index (χ0v) is 25.7. The van der Waals surface area contributed by atoms with Crippen molar-refractivity contribution < 1.29 is 23.5 Å². The SMILES string of the molecule is COc1cc(/C=C2/SC(=S)N(c3cccc(C(=O)Nc4ccc(F)cc4)c3)C2=O)cc(Br)c1OCc1ccccc1C#N. The summed E-state index contributed by atoms with van der Waals surface area (Å²) in [4.78, 5) is 28.0. The Morgan fingerprint density at radius 3 is 2.63 bits per heavy atom. The molecule has 0 saturated carbocycles. The maximum absolute atomic E-state index is 13.5. The van der Waals surface area contributed by atoms with Crippen LogP contribution in [0.15, 0.2) is 94.3 Å². The number of amides is 2. The first-order chi connectivity index (χ1) is 20.8. The van der Waals surface area contributed by atoms with E-state index in [0.29, 0.717) is 53.3 Å². The molecule has 1 heterocycles. The molecule has 0 radical (unpaired) electrons. The van der Waals surface area contributed by atoms with Gasteiger partial charge in [-0.2, -0.15) is 5.26 Å². The van der Waals surface area contributed by atoms with Gasteiger partial charge >= 0.3 is 0 Å². The van der Waals surface area contributed by atoms with Gasteiger partial charge in [0.1, 0.15) is 12.4 Å². The van der Waals surface area contributed by atoms with Crippen molar-refractivity contribution in [3.8, 4) is 17.6 Å². The molecule has 1 aliphatic heterocycles. The lowest BCUT2D eigenvalue weighted by Gasteiger charge is -2.16. The molecular formula is C32H21BrFN3O4S2. The second-order valence-electron chi connectivity index (χ2n) is 9.12. The standard InChI is InChI=1S/C32H21BrFN3O4S2/c1-40-27-14-19(13-26(33)29(27)41-18-22-6-3-2-5-21(22)17-35)15-28-31(39)37(32(42)43-28)25-8-4-7-20(16-25)30(38)36-24-11-9-23(34)10-12-24/h2-16H,18H2,1H3,(H,36,38)/b28-15+. The molecule has 0 bridgehead atoms. The minimum Gasteiger partial charge on any atom is -0.493 e. The van der Waals surface area contributed by atoms with Crippen molar-refractivity contribution in [3.05, 3.63) is 122 Å². The molecule has 2 amide bonds. The Morgan fingerprint density at radius 1 is 1.12 bits per heavy atom. The molecule has 0 spiro atoms. The number of nitriles is 1. The lowest BCUT2D eigenvalue weighted by atomic mass is 10.1. The number of ether oxygens (including phenoxy) is 2. The minimum absolute atomic E-state index is 0.164. The summed E-state index contributed by atoms with van der Waals surface area (Å²) in [6.07, 6.45) is 1.70. The van der Waals surface area contributed by atoms with Crippen molar-refractivity contribution in [1.29, 1.82) is 5.26 Å². The minimum atomic E-state index is -0.412. The number of rotatable bonds is 8. The molecule has 4 aromatic carbocycles.